The van der Waals surface area contributed by atoms with Gasteiger partial charge in [-0.3, -0.25) is 0 Å². The zero-order valence-electron chi connectivity index (χ0n) is 9.53. The highest BCUT2D eigenvalue weighted by atomic mass is 79.9. The minimum Gasteiger partial charge on any atom is -0.368 e. The smallest absolute Gasteiger partial charge is 0.146 e. The lowest BCUT2D eigenvalue weighted by atomic mass is 10.2. The van der Waals surface area contributed by atoms with Crippen molar-refractivity contribution in [3.63, 3.8) is 0 Å². The first-order valence-electron chi connectivity index (χ1n) is 5.37. The van der Waals surface area contributed by atoms with E-state index in [0.717, 1.165) is 10.0 Å². The summed E-state index contributed by atoms with van der Waals surface area (Å²) in [6, 6.07) is 14.8. The summed E-state index contributed by atoms with van der Waals surface area (Å²) < 4.78 is 14.6. The van der Waals surface area contributed by atoms with Crippen molar-refractivity contribution in [1.82, 2.24) is 0 Å². The molecule has 0 aromatic heterocycles. The van der Waals surface area contributed by atoms with Gasteiger partial charge >= 0.3 is 0 Å². The largest absolute Gasteiger partial charge is 0.368 e. The zero-order valence-corrected chi connectivity index (χ0v) is 11.1. The van der Waals surface area contributed by atoms with Crippen LogP contribution in [0.25, 0.3) is 0 Å². The van der Waals surface area contributed by atoms with Crippen molar-refractivity contribution >= 4 is 21.6 Å². The third-order valence-corrected chi connectivity index (χ3v) is 3.40. The van der Waals surface area contributed by atoms with Gasteiger partial charge in [0.2, 0.25) is 0 Å². The van der Waals surface area contributed by atoms with Gasteiger partial charge in [-0.05, 0) is 23.8 Å². The SMILES string of the molecule is CN(Cc1ccccc1Br)c1ccccc1F. The highest BCUT2D eigenvalue weighted by Crippen LogP contribution is 2.22. The number of para-hydroxylation sites is 1. The number of hydrogen-bond acceptors (Lipinski definition) is 1. The van der Waals surface area contributed by atoms with Gasteiger partial charge in [0.05, 0.1) is 5.69 Å². The summed E-state index contributed by atoms with van der Waals surface area (Å²) in [5.74, 6) is -0.193. The lowest BCUT2D eigenvalue weighted by molar-refractivity contribution is 0.622. The second kappa shape index (κ2) is 5.32. The zero-order chi connectivity index (χ0) is 12.3. The van der Waals surface area contributed by atoms with Gasteiger partial charge < -0.3 is 4.90 Å². The molecule has 17 heavy (non-hydrogen) atoms. The summed E-state index contributed by atoms with van der Waals surface area (Å²) >= 11 is 3.50. The predicted molar refractivity (Wildman–Crippen MR) is 72.6 cm³/mol. The van der Waals surface area contributed by atoms with Crippen LogP contribution in [0.1, 0.15) is 5.56 Å². The molecule has 0 radical (unpaired) electrons. The van der Waals surface area contributed by atoms with Crippen LogP contribution in [0, 0.1) is 5.82 Å². The molecule has 0 unspecified atom stereocenters. The Kier molecular flexibility index (Phi) is 3.79. The van der Waals surface area contributed by atoms with E-state index in [9.17, 15) is 4.39 Å². The molecule has 0 N–H and O–H groups in total. The second-order valence-corrected chi connectivity index (χ2v) is 4.75. The molecule has 0 bridgehead atoms. The Balaban J connectivity index is 2.20. The number of nitrogens with zero attached hydrogens (tertiary/aromatic N) is 1. The molecule has 0 amide bonds. The van der Waals surface area contributed by atoms with Crippen molar-refractivity contribution in [2.24, 2.45) is 0 Å². The van der Waals surface area contributed by atoms with E-state index in [0.29, 0.717) is 12.2 Å². The molecule has 88 valence electrons. The molecule has 2 aromatic carbocycles. The van der Waals surface area contributed by atoms with Crippen molar-refractivity contribution in [3.8, 4) is 0 Å². The fraction of sp³-hybridized carbons (Fsp3) is 0.143. The third-order valence-electron chi connectivity index (χ3n) is 2.63. The van der Waals surface area contributed by atoms with Crippen LogP contribution in [-0.4, -0.2) is 7.05 Å². The highest BCUT2D eigenvalue weighted by Gasteiger charge is 2.08. The monoisotopic (exact) mass is 293 g/mol. The van der Waals surface area contributed by atoms with Crippen LogP contribution >= 0.6 is 15.9 Å². The molecular weight excluding hydrogens is 281 g/mol. The molecule has 1 nitrogen and oxygen atoms in total. The van der Waals surface area contributed by atoms with Gasteiger partial charge in [-0.15, -0.1) is 0 Å². The number of benzene rings is 2. The Hall–Kier alpha value is -1.35. The van der Waals surface area contributed by atoms with E-state index in [1.807, 2.05) is 42.3 Å². The van der Waals surface area contributed by atoms with E-state index < -0.39 is 0 Å². The van der Waals surface area contributed by atoms with Gasteiger partial charge in [-0.1, -0.05) is 46.3 Å². The maximum Gasteiger partial charge on any atom is 0.146 e. The van der Waals surface area contributed by atoms with Crippen molar-refractivity contribution in [2.75, 3.05) is 11.9 Å². The topological polar surface area (TPSA) is 3.24 Å². The second-order valence-electron chi connectivity index (χ2n) is 3.90. The van der Waals surface area contributed by atoms with E-state index in [1.165, 1.54) is 6.07 Å². The molecular formula is C14H13BrFN. The van der Waals surface area contributed by atoms with Crippen LogP contribution < -0.4 is 4.90 Å². The normalized spacial score (nSPS) is 10.3. The number of anilines is 1. The van der Waals surface area contributed by atoms with Gasteiger partial charge in [0.25, 0.3) is 0 Å². The van der Waals surface area contributed by atoms with Crippen molar-refractivity contribution in [2.45, 2.75) is 6.54 Å². The molecule has 0 aliphatic rings. The van der Waals surface area contributed by atoms with E-state index in [-0.39, 0.29) is 5.82 Å². The molecule has 0 heterocycles. The summed E-state index contributed by atoms with van der Waals surface area (Å²) in [6.45, 7) is 0.669. The van der Waals surface area contributed by atoms with Gasteiger partial charge in [-0.25, -0.2) is 4.39 Å². The first-order valence-corrected chi connectivity index (χ1v) is 6.17. The minimum absolute atomic E-state index is 0.193. The molecule has 2 aromatic rings. The molecule has 0 saturated carbocycles. The molecule has 0 aliphatic carbocycles. The van der Waals surface area contributed by atoms with Crippen LogP contribution in [0.15, 0.2) is 53.0 Å². The van der Waals surface area contributed by atoms with Crippen LogP contribution in [0.4, 0.5) is 10.1 Å². The van der Waals surface area contributed by atoms with Crippen molar-refractivity contribution in [3.05, 3.63) is 64.4 Å². The van der Waals surface area contributed by atoms with E-state index >= 15 is 0 Å². The molecule has 2 rings (SSSR count). The summed E-state index contributed by atoms with van der Waals surface area (Å²) in [5.41, 5.74) is 1.75. The molecule has 0 spiro atoms. The van der Waals surface area contributed by atoms with Gasteiger partial charge in [0, 0.05) is 18.1 Å². The van der Waals surface area contributed by atoms with Gasteiger partial charge in [0.1, 0.15) is 5.82 Å². The molecule has 0 aliphatic heterocycles. The Labute approximate surface area is 109 Å². The Morgan fingerprint density at radius 2 is 1.71 bits per heavy atom. The van der Waals surface area contributed by atoms with Gasteiger partial charge in [0.15, 0.2) is 0 Å². The predicted octanol–water partition coefficient (Wildman–Crippen LogP) is 4.22. The van der Waals surface area contributed by atoms with E-state index in [4.69, 9.17) is 0 Å². The molecule has 0 atom stereocenters. The maximum absolute atomic E-state index is 13.6. The molecule has 3 heteroatoms. The van der Waals surface area contributed by atoms with Gasteiger partial charge in [-0.2, -0.15) is 0 Å². The third kappa shape index (κ3) is 2.86. The summed E-state index contributed by atoms with van der Waals surface area (Å²) in [6.07, 6.45) is 0. The van der Waals surface area contributed by atoms with Crippen LogP contribution in [-0.2, 0) is 6.54 Å². The minimum atomic E-state index is -0.193. The summed E-state index contributed by atoms with van der Waals surface area (Å²) in [5, 5.41) is 0. The summed E-state index contributed by atoms with van der Waals surface area (Å²) in [4.78, 5) is 1.90. The Bertz CT molecular complexity index is 513. The Morgan fingerprint density at radius 3 is 2.41 bits per heavy atom. The highest BCUT2D eigenvalue weighted by molar-refractivity contribution is 9.10. The standard InChI is InChI=1S/C14H13BrFN/c1-17(14-9-5-4-8-13(14)16)10-11-6-2-3-7-12(11)15/h2-9H,10H2,1H3. The van der Waals surface area contributed by atoms with Crippen molar-refractivity contribution in [1.29, 1.82) is 0 Å². The fourth-order valence-corrected chi connectivity index (χ4v) is 2.14. The lowest BCUT2D eigenvalue weighted by Crippen LogP contribution is -2.17. The maximum atomic E-state index is 13.6. The first-order chi connectivity index (χ1) is 8.18. The number of rotatable bonds is 3. The first kappa shape index (κ1) is 12.1. The average Bonchev–Trinajstić information content (AvgIpc) is 2.32. The van der Waals surface area contributed by atoms with Crippen LogP contribution in [0.3, 0.4) is 0 Å². The number of hydrogen-bond donors (Lipinski definition) is 0. The van der Waals surface area contributed by atoms with Crippen LogP contribution in [0.2, 0.25) is 0 Å². The summed E-state index contributed by atoms with van der Waals surface area (Å²) in [7, 11) is 1.89. The van der Waals surface area contributed by atoms with E-state index in [2.05, 4.69) is 15.9 Å². The quantitative estimate of drug-likeness (QED) is 0.819. The van der Waals surface area contributed by atoms with Crippen molar-refractivity contribution < 1.29 is 4.39 Å². The van der Waals surface area contributed by atoms with Crippen LogP contribution in [0.5, 0.6) is 0 Å². The average molecular weight is 294 g/mol. The lowest BCUT2D eigenvalue weighted by Gasteiger charge is -2.20. The fourth-order valence-electron chi connectivity index (χ4n) is 1.73. The Morgan fingerprint density at radius 1 is 1.06 bits per heavy atom. The molecule has 0 saturated heterocycles. The van der Waals surface area contributed by atoms with E-state index in [1.54, 1.807) is 12.1 Å². The molecule has 0 fully saturated rings. The number of halogens is 2.